The monoisotopic (exact) mass is 645 g/mol. The van der Waals surface area contributed by atoms with Crippen LogP contribution in [0.1, 0.15) is 68.2 Å². The number of hydrogen-bond donors (Lipinski definition) is 0. The fraction of sp³-hybridized carbons (Fsp3) is 0.265. The summed E-state index contributed by atoms with van der Waals surface area (Å²) in [5, 5.41) is 0. The van der Waals surface area contributed by atoms with E-state index in [9.17, 15) is 0 Å². The SMILES string of the molecule is CC1(C)c2ccccc2-c2cccc(N(c3ccc(-c4ccccc4)cc3)c3cccc4c3C3(c5ccccc5-4)C4CC5CC(C4)CC3C5)c21. The van der Waals surface area contributed by atoms with Gasteiger partial charge in [0.25, 0.3) is 0 Å². The average molecular weight is 646 g/mol. The van der Waals surface area contributed by atoms with Gasteiger partial charge in [-0.3, -0.25) is 0 Å². The molecule has 0 heterocycles. The van der Waals surface area contributed by atoms with Crippen LogP contribution >= 0.6 is 0 Å². The maximum atomic E-state index is 2.68. The standard InChI is InChI=1S/C49H43N/c1-48(2)42-18-8-6-14-38(42)40-16-10-20-44(46(40)48)50(37-24-22-34(23-25-37)33-12-4-3-5-13-33)45-21-11-17-41-39-15-7-9-19-43(39)49(47(41)45)35-27-31-26-32(29-35)30-36(49)28-31/h3-25,31-32,35-36H,26-30H2,1-2H3. The van der Waals surface area contributed by atoms with E-state index in [-0.39, 0.29) is 10.8 Å². The summed E-state index contributed by atoms with van der Waals surface area (Å²) < 4.78 is 0. The van der Waals surface area contributed by atoms with Crippen LogP contribution in [0.5, 0.6) is 0 Å². The van der Waals surface area contributed by atoms with Gasteiger partial charge in [0.1, 0.15) is 0 Å². The molecule has 12 rings (SSSR count). The first-order valence-electron chi connectivity index (χ1n) is 19.0. The van der Waals surface area contributed by atoms with E-state index in [0.717, 1.165) is 11.8 Å². The molecule has 1 spiro atoms. The zero-order valence-electron chi connectivity index (χ0n) is 29.1. The smallest absolute Gasteiger partial charge is 0.0509 e. The van der Waals surface area contributed by atoms with Crippen molar-refractivity contribution in [2.75, 3.05) is 4.90 Å². The van der Waals surface area contributed by atoms with E-state index in [1.54, 1.807) is 11.1 Å². The van der Waals surface area contributed by atoms with Crippen molar-refractivity contribution in [1.82, 2.24) is 0 Å². The first kappa shape index (κ1) is 28.9. The molecular weight excluding hydrogens is 603 g/mol. The van der Waals surface area contributed by atoms with Crippen molar-refractivity contribution in [3.8, 4) is 33.4 Å². The highest BCUT2D eigenvalue weighted by atomic mass is 15.2. The Bertz CT molecular complexity index is 2280. The second-order valence-electron chi connectivity index (χ2n) is 16.5. The van der Waals surface area contributed by atoms with Gasteiger partial charge in [0.15, 0.2) is 0 Å². The van der Waals surface area contributed by atoms with Crippen LogP contribution < -0.4 is 4.90 Å². The third kappa shape index (κ3) is 3.73. The van der Waals surface area contributed by atoms with E-state index in [1.165, 1.54) is 93.7 Å². The minimum atomic E-state index is -0.133. The Labute approximate surface area is 296 Å². The van der Waals surface area contributed by atoms with Crippen LogP contribution in [0.25, 0.3) is 33.4 Å². The van der Waals surface area contributed by atoms with Crippen LogP contribution in [0, 0.1) is 23.7 Å². The molecule has 0 radical (unpaired) electrons. The summed E-state index contributed by atoms with van der Waals surface area (Å²) in [7, 11) is 0. The van der Waals surface area contributed by atoms with E-state index >= 15 is 0 Å². The fourth-order valence-electron chi connectivity index (χ4n) is 12.2. The molecule has 4 saturated carbocycles. The zero-order valence-corrected chi connectivity index (χ0v) is 29.1. The lowest BCUT2D eigenvalue weighted by Crippen LogP contribution is -2.55. The molecule has 6 aliphatic rings. The summed E-state index contributed by atoms with van der Waals surface area (Å²) in [5.41, 5.74) is 18.1. The van der Waals surface area contributed by atoms with Gasteiger partial charge in [0.05, 0.1) is 11.4 Å². The average Bonchev–Trinajstić information content (AvgIpc) is 3.58. The van der Waals surface area contributed by atoms with Gasteiger partial charge in [-0.2, -0.15) is 0 Å². The van der Waals surface area contributed by atoms with Crippen LogP contribution in [0.3, 0.4) is 0 Å². The van der Waals surface area contributed by atoms with Crippen LogP contribution in [-0.4, -0.2) is 0 Å². The molecular formula is C49H43N. The first-order chi connectivity index (χ1) is 24.5. The Morgan fingerprint density at radius 1 is 0.440 bits per heavy atom. The molecule has 0 atom stereocenters. The van der Waals surface area contributed by atoms with Crippen LogP contribution in [0.4, 0.5) is 17.1 Å². The van der Waals surface area contributed by atoms with Crippen molar-refractivity contribution in [3.63, 3.8) is 0 Å². The van der Waals surface area contributed by atoms with Gasteiger partial charge in [0.2, 0.25) is 0 Å². The van der Waals surface area contributed by atoms with Gasteiger partial charge in [-0.25, -0.2) is 0 Å². The van der Waals surface area contributed by atoms with E-state index in [4.69, 9.17) is 0 Å². The topological polar surface area (TPSA) is 3.24 Å². The number of rotatable bonds is 4. The van der Waals surface area contributed by atoms with Crippen molar-refractivity contribution in [2.24, 2.45) is 23.7 Å². The van der Waals surface area contributed by atoms with Crippen molar-refractivity contribution in [1.29, 1.82) is 0 Å². The third-order valence-corrected chi connectivity index (χ3v) is 13.8. The lowest BCUT2D eigenvalue weighted by Gasteiger charge is -2.61. The summed E-state index contributed by atoms with van der Waals surface area (Å²) in [6, 6.07) is 53.2. The maximum Gasteiger partial charge on any atom is 0.0509 e. The number of hydrogen-bond acceptors (Lipinski definition) is 1. The van der Waals surface area contributed by atoms with Crippen LogP contribution in [0.2, 0.25) is 0 Å². The second kappa shape index (κ2) is 10.3. The molecule has 1 heteroatoms. The molecule has 0 aliphatic heterocycles. The summed E-state index contributed by atoms with van der Waals surface area (Å²) in [4.78, 5) is 2.68. The molecule has 0 unspecified atom stereocenters. The molecule has 6 aromatic rings. The Balaban J connectivity index is 1.19. The predicted octanol–water partition coefficient (Wildman–Crippen LogP) is 12.9. The molecule has 0 aromatic heterocycles. The summed E-state index contributed by atoms with van der Waals surface area (Å²) in [6.45, 7) is 4.87. The van der Waals surface area contributed by atoms with Gasteiger partial charge in [-0.1, -0.05) is 129 Å². The number of benzene rings is 6. The van der Waals surface area contributed by atoms with Crippen molar-refractivity contribution >= 4 is 17.1 Å². The van der Waals surface area contributed by atoms with Crippen molar-refractivity contribution in [3.05, 3.63) is 162 Å². The molecule has 0 N–H and O–H groups in total. The minimum absolute atomic E-state index is 0.0641. The maximum absolute atomic E-state index is 2.68. The normalized spacial score (nSPS) is 25.6. The van der Waals surface area contributed by atoms with E-state index in [1.807, 2.05) is 0 Å². The number of nitrogens with zero attached hydrogens (tertiary/aromatic N) is 1. The highest BCUT2D eigenvalue weighted by Gasteiger charge is 2.62. The highest BCUT2D eigenvalue weighted by Crippen LogP contribution is 2.71. The lowest BCUT2D eigenvalue weighted by atomic mass is 9.43. The third-order valence-electron chi connectivity index (χ3n) is 13.8. The molecule has 4 fully saturated rings. The van der Waals surface area contributed by atoms with E-state index in [2.05, 4.69) is 158 Å². The molecule has 1 nitrogen and oxygen atoms in total. The minimum Gasteiger partial charge on any atom is -0.310 e. The van der Waals surface area contributed by atoms with Gasteiger partial charge in [-0.15, -0.1) is 0 Å². The fourth-order valence-corrected chi connectivity index (χ4v) is 12.2. The Morgan fingerprint density at radius 3 is 1.60 bits per heavy atom. The first-order valence-corrected chi connectivity index (χ1v) is 19.0. The van der Waals surface area contributed by atoms with Crippen molar-refractivity contribution < 1.29 is 0 Å². The molecule has 0 saturated heterocycles. The van der Waals surface area contributed by atoms with Crippen LogP contribution in [-0.2, 0) is 10.8 Å². The molecule has 0 amide bonds. The highest BCUT2D eigenvalue weighted by molar-refractivity contribution is 5.95. The van der Waals surface area contributed by atoms with E-state index < -0.39 is 0 Å². The molecule has 6 aromatic carbocycles. The van der Waals surface area contributed by atoms with Gasteiger partial charge in [-0.05, 0) is 136 Å². The second-order valence-corrected chi connectivity index (χ2v) is 16.5. The molecule has 50 heavy (non-hydrogen) atoms. The Kier molecular flexibility index (Phi) is 5.97. The summed E-state index contributed by atoms with van der Waals surface area (Å²) in [5.74, 6) is 3.22. The number of anilines is 3. The largest absolute Gasteiger partial charge is 0.310 e. The predicted molar refractivity (Wildman–Crippen MR) is 207 cm³/mol. The van der Waals surface area contributed by atoms with Crippen molar-refractivity contribution in [2.45, 2.75) is 56.8 Å². The molecule has 6 aliphatic carbocycles. The summed E-state index contributed by atoms with van der Waals surface area (Å²) in [6.07, 6.45) is 6.98. The molecule has 244 valence electrons. The number of fused-ring (bicyclic) bond motifs is 6. The van der Waals surface area contributed by atoms with Gasteiger partial charge in [0, 0.05) is 16.5 Å². The van der Waals surface area contributed by atoms with Crippen LogP contribution in [0.15, 0.2) is 140 Å². The molecule has 4 bridgehead atoms. The Morgan fingerprint density at radius 2 is 0.940 bits per heavy atom. The summed E-state index contributed by atoms with van der Waals surface area (Å²) >= 11 is 0. The van der Waals surface area contributed by atoms with Gasteiger partial charge < -0.3 is 4.90 Å². The van der Waals surface area contributed by atoms with E-state index in [0.29, 0.717) is 11.8 Å². The van der Waals surface area contributed by atoms with Gasteiger partial charge >= 0.3 is 0 Å². The quantitative estimate of drug-likeness (QED) is 0.184. The Hall–Kier alpha value is -4.88. The zero-order chi connectivity index (χ0) is 33.2. The lowest BCUT2D eigenvalue weighted by molar-refractivity contribution is -0.0397.